The number of hydrogen-bond acceptors (Lipinski definition) is 4. The van der Waals surface area contributed by atoms with Gasteiger partial charge in [-0.2, -0.15) is 0 Å². The number of rotatable bonds is 4. The standard InChI is InChI=1S/C19H17N3O2S/c1-11-5-7-13(8-6-11)15-12(2)25-19(16(15)17(20)23)22-18(24)14-4-3-9-21-10-14/h3-10H,1-2H3,(H2,20,23)(H,22,24). The predicted octanol–water partition coefficient (Wildman–Crippen LogP) is 3.78. The Labute approximate surface area is 149 Å². The Balaban J connectivity index is 2.03. The van der Waals surface area contributed by atoms with Crippen molar-refractivity contribution in [3.63, 3.8) is 0 Å². The van der Waals surface area contributed by atoms with Crippen LogP contribution >= 0.6 is 11.3 Å². The van der Waals surface area contributed by atoms with Gasteiger partial charge < -0.3 is 11.1 Å². The smallest absolute Gasteiger partial charge is 0.257 e. The largest absolute Gasteiger partial charge is 0.365 e. The number of hydrogen-bond donors (Lipinski definition) is 2. The molecule has 3 aromatic rings. The molecule has 0 spiro atoms. The molecule has 0 unspecified atom stereocenters. The van der Waals surface area contributed by atoms with Crippen LogP contribution in [-0.2, 0) is 0 Å². The van der Waals surface area contributed by atoms with Gasteiger partial charge in [-0.15, -0.1) is 11.3 Å². The molecule has 3 N–H and O–H groups in total. The number of thiophene rings is 1. The first-order valence-electron chi connectivity index (χ1n) is 7.69. The number of amides is 2. The summed E-state index contributed by atoms with van der Waals surface area (Å²) in [7, 11) is 0. The van der Waals surface area contributed by atoms with Gasteiger partial charge in [0.25, 0.3) is 11.8 Å². The molecule has 0 bridgehead atoms. The Morgan fingerprint density at radius 3 is 2.44 bits per heavy atom. The number of aromatic nitrogens is 1. The van der Waals surface area contributed by atoms with E-state index < -0.39 is 5.91 Å². The third-order valence-electron chi connectivity index (χ3n) is 3.82. The number of primary amides is 1. The van der Waals surface area contributed by atoms with Crippen LogP contribution in [0.1, 0.15) is 31.2 Å². The topological polar surface area (TPSA) is 85.1 Å². The molecule has 6 heteroatoms. The highest BCUT2D eigenvalue weighted by Crippen LogP contribution is 2.39. The van der Waals surface area contributed by atoms with Crippen LogP contribution in [0, 0.1) is 13.8 Å². The van der Waals surface area contributed by atoms with Crippen LogP contribution in [0.15, 0.2) is 48.8 Å². The summed E-state index contributed by atoms with van der Waals surface area (Å²) in [5.74, 6) is -0.895. The number of benzene rings is 1. The maximum Gasteiger partial charge on any atom is 0.257 e. The lowest BCUT2D eigenvalue weighted by Gasteiger charge is -2.07. The number of carbonyl (C=O) groups excluding carboxylic acids is 2. The molecule has 2 aromatic heterocycles. The van der Waals surface area contributed by atoms with Gasteiger partial charge in [0.1, 0.15) is 5.00 Å². The summed E-state index contributed by atoms with van der Waals surface area (Å²) in [6, 6.07) is 11.2. The number of nitrogens with zero attached hydrogens (tertiary/aromatic N) is 1. The normalized spacial score (nSPS) is 10.5. The average Bonchev–Trinajstić information content (AvgIpc) is 2.92. The van der Waals surface area contributed by atoms with Crippen molar-refractivity contribution in [1.82, 2.24) is 4.98 Å². The van der Waals surface area contributed by atoms with Crippen molar-refractivity contribution in [2.24, 2.45) is 5.73 Å². The van der Waals surface area contributed by atoms with Crippen LogP contribution in [0.25, 0.3) is 11.1 Å². The molecule has 0 radical (unpaired) electrons. The van der Waals surface area contributed by atoms with Gasteiger partial charge in [0.15, 0.2) is 0 Å². The second kappa shape index (κ2) is 6.86. The van der Waals surface area contributed by atoms with E-state index in [1.54, 1.807) is 18.3 Å². The highest BCUT2D eigenvalue weighted by Gasteiger charge is 2.23. The molecule has 2 heterocycles. The minimum absolute atomic E-state index is 0.327. The summed E-state index contributed by atoms with van der Waals surface area (Å²) in [6.45, 7) is 3.91. The Kier molecular flexibility index (Phi) is 4.63. The molecule has 0 saturated heterocycles. The van der Waals surface area contributed by atoms with Crippen LogP contribution in [0.5, 0.6) is 0 Å². The summed E-state index contributed by atoms with van der Waals surface area (Å²) in [5, 5.41) is 3.24. The molecule has 25 heavy (non-hydrogen) atoms. The van der Waals surface area contributed by atoms with Gasteiger partial charge in [0.05, 0.1) is 11.1 Å². The van der Waals surface area contributed by atoms with Gasteiger partial charge >= 0.3 is 0 Å². The summed E-state index contributed by atoms with van der Waals surface area (Å²) >= 11 is 1.34. The van der Waals surface area contributed by atoms with E-state index >= 15 is 0 Å². The minimum atomic E-state index is -0.568. The van der Waals surface area contributed by atoms with Gasteiger partial charge in [0.2, 0.25) is 0 Å². The predicted molar refractivity (Wildman–Crippen MR) is 99.9 cm³/mol. The quantitative estimate of drug-likeness (QED) is 0.750. The number of pyridine rings is 1. The minimum Gasteiger partial charge on any atom is -0.365 e. The molecule has 0 aliphatic rings. The van der Waals surface area contributed by atoms with Crippen LogP contribution in [0.2, 0.25) is 0 Å². The summed E-state index contributed by atoms with van der Waals surface area (Å²) in [6.07, 6.45) is 3.07. The number of nitrogens with two attached hydrogens (primary N) is 1. The molecular weight excluding hydrogens is 334 g/mol. The van der Waals surface area contributed by atoms with Crippen LogP contribution in [0.3, 0.4) is 0 Å². The third kappa shape index (κ3) is 3.44. The van der Waals surface area contributed by atoms with Crippen molar-refractivity contribution in [3.05, 3.63) is 70.4 Å². The van der Waals surface area contributed by atoms with Crippen LogP contribution < -0.4 is 11.1 Å². The van der Waals surface area contributed by atoms with E-state index in [-0.39, 0.29) is 5.91 Å². The van der Waals surface area contributed by atoms with E-state index in [1.807, 2.05) is 38.1 Å². The van der Waals surface area contributed by atoms with Crippen molar-refractivity contribution in [2.45, 2.75) is 13.8 Å². The lowest BCUT2D eigenvalue weighted by atomic mass is 10.00. The maximum absolute atomic E-state index is 12.4. The summed E-state index contributed by atoms with van der Waals surface area (Å²) in [4.78, 5) is 29.3. The third-order valence-corrected chi connectivity index (χ3v) is 4.84. The molecule has 1 aromatic carbocycles. The Morgan fingerprint density at radius 2 is 1.84 bits per heavy atom. The molecule has 0 fully saturated rings. The van der Waals surface area contributed by atoms with Gasteiger partial charge in [-0.1, -0.05) is 29.8 Å². The SMILES string of the molecule is Cc1ccc(-c2c(C)sc(NC(=O)c3cccnc3)c2C(N)=O)cc1. The molecule has 2 amide bonds. The Hall–Kier alpha value is -2.99. The molecule has 0 aliphatic carbocycles. The van der Waals surface area contributed by atoms with Crippen molar-refractivity contribution in [1.29, 1.82) is 0 Å². The van der Waals surface area contributed by atoms with Gasteiger partial charge in [-0.05, 0) is 31.5 Å². The van der Waals surface area contributed by atoms with E-state index in [0.717, 1.165) is 21.6 Å². The lowest BCUT2D eigenvalue weighted by Crippen LogP contribution is -2.17. The molecule has 3 rings (SSSR count). The van der Waals surface area contributed by atoms with E-state index in [2.05, 4.69) is 10.3 Å². The molecule has 126 valence electrons. The van der Waals surface area contributed by atoms with Crippen molar-refractivity contribution in [2.75, 3.05) is 5.32 Å². The average molecular weight is 351 g/mol. The zero-order chi connectivity index (χ0) is 18.0. The fourth-order valence-electron chi connectivity index (χ4n) is 2.61. The van der Waals surface area contributed by atoms with E-state index in [4.69, 9.17) is 5.73 Å². The fourth-order valence-corrected chi connectivity index (χ4v) is 3.68. The maximum atomic E-state index is 12.4. The number of carbonyl (C=O) groups is 2. The van der Waals surface area contributed by atoms with Gasteiger partial charge in [0, 0.05) is 22.8 Å². The van der Waals surface area contributed by atoms with Crippen LogP contribution in [-0.4, -0.2) is 16.8 Å². The van der Waals surface area contributed by atoms with Crippen LogP contribution in [0.4, 0.5) is 5.00 Å². The van der Waals surface area contributed by atoms with E-state index in [9.17, 15) is 9.59 Å². The molecule has 0 aliphatic heterocycles. The summed E-state index contributed by atoms with van der Waals surface area (Å²) in [5.41, 5.74) is 9.16. The number of anilines is 1. The fraction of sp³-hybridized carbons (Fsp3) is 0.105. The first-order valence-corrected chi connectivity index (χ1v) is 8.50. The monoisotopic (exact) mass is 351 g/mol. The van der Waals surface area contributed by atoms with E-state index in [0.29, 0.717) is 16.1 Å². The van der Waals surface area contributed by atoms with Gasteiger partial charge in [-0.3, -0.25) is 14.6 Å². The van der Waals surface area contributed by atoms with Gasteiger partial charge in [-0.25, -0.2) is 0 Å². The van der Waals surface area contributed by atoms with Crippen molar-refractivity contribution < 1.29 is 9.59 Å². The first-order chi connectivity index (χ1) is 12.0. The van der Waals surface area contributed by atoms with E-state index in [1.165, 1.54) is 17.5 Å². The molecule has 5 nitrogen and oxygen atoms in total. The molecular formula is C19H17N3O2S. The van der Waals surface area contributed by atoms with Crippen molar-refractivity contribution >= 4 is 28.2 Å². The number of nitrogens with one attached hydrogen (secondary N) is 1. The molecule has 0 saturated carbocycles. The summed E-state index contributed by atoms with van der Waals surface area (Å²) < 4.78 is 0. The molecule has 0 atom stereocenters. The second-order valence-corrected chi connectivity index (χ2v) is 6.89. The van der Waals surface area contributed by atoms with Crippen molar-refractivity contribution in [3.8, 4) is 11.1 Å². The first kappa shape index (κ1) is 16.9. The number of aryl methyl sites for hydroxylation is 2. The Bertz CT molecular complexity index is 931. The highest BCUT2D eigenvalue weighted by atomic mass is 32.1. The lowest BCUT2D eigenvalue weighted by molar-refractivity contribution is 0.100. The Morgan fingerprint density at radius 1 is 1.12 bits per heavy atom. The second-order valence-electron chi connectivity index (χ2n) is 5.66. The zero-order valence-corrected chi connectivity index (χ0v) is 14.7. The zero-order valence-electron chi connectivity index (χ0n) is 13.9. The highest BCUT2D eigenvalue weighted by molar-refractivity contribution is 7.17.